The lowest BCUT2D eigenvalue weighted by atomic mass is 9.89. The van der Waals surface area contributed by atoms with Crippen molar-refractivity contribution >= 4 is 76.9 Å². The number of primary amides is 1. The van der Waals surface area contributed by atoms with Gasteiger partial charge in [-0.3, -0.25) is 53.0 Å². The predicted molar refractivity (Wildman–Crippen MR) is 354 cm³/mol. The summed E-state index contributed by atoms with van der Waals surface area (Å²) in [6, 6.07) is 7.86. The van der Waals surface area contributed by atoms with Crippen LogP contribution in [0.15, 0.2) is 66.7 Å². The van der Waals surface area contributed by atoms with Crippen LogP contribution in [-0.2, 0) is 75.2 Å². The maximum Gasteiger partial charge on any atom is 0.410 e. The minimum atomic E-state index is -1.19. The van der Waals surface area contributed by atoms with E-state index in [1.54, 1.807) is 109 Å². The number of hydrogen-bond acceptors (Lipinski definition) is 15. The molecule has 526 valence electrons. The highest BCUT2D eigenvalue weighted by Gasteiger charge is 2.44. The minimum Gasteiger partial charge on any atom is -0.480 e. The molecule has 0 bridgehead atoms. The molecule has 0 radical (unpaired) electrons. The molecule has 2 aliphatic rings. The van der Waals surface area contributed by atoms with Gasteiger partial charge in [0.2, 0.25) is 41.4 Å². The van der Waals surface area contributed by atoms with Gasteiger partial charge in [0.1, 0.15) is 36.8 Å². The summed E-state index contributed by atoms with van der Waals surface area (Å²) in [6.45, 7) is 16.6. The van der Waals surface area contributed by atoms with Crippen LogP contribution in [-0.4, -0.2) is 198 Å². The normalized spacial score (nSPS) is 16.9. The lowest BCUT2D eigenvalue weighted by Crippen LogP contribution is -2.60. The number of nitrogens with zero attached hydrogens (tertiary/aromatic N) is 4. The molecule has 1 fully saturated rings. The molecule has 27 heteroatoms. The molecule has 0 aromatic heterocycles. The molecule has 0 aliphatic carbocycles. The maximum atomic E-state index is 14.8. The summed E-state index contributed by atoms with van der Waals surface area (Å²) in [6.07, 6.45) is 3.58. The van der Waals surface area contributed by atoms with Gasteiger partial charge in [-0.05, 0) is 85.5 Å². The molecular formula is C68H103N11O16. The Morgan fingerprint density at radius 3 is 1.89 bits per heavy atom. The van der Waals surface area contributed by atoms with Crippen LogP contribution in [0, 0.1) is 29.6 Å². The van der Waals surface area contributed by atoms with Crippen molar-refractivity contribution in [2.45, 2.75) is 194 Å². The number of benzene rings is 2. The minimum absolute atomic E-state index is 0.0752. The third-order valence-electron chi connectivity index (χ3n) is 17.6. The van der Waals surface area contributed by atoms with E-state index in [-0.39, 0.29) is 81.4 Å². The lowest BCUT2D eigenvalue weighted by Gasteiger charge is -2.41. The number of methoxy groups -OCH3 is 2. The standard InChI is InChI=1S/C68H103N11O16/c1-14-43(8)59(51(93-12)38-55(83)78-36-22-26-50(78)60(94-13)44(9)61(84)73-49(66(89)90)37-45-23-17-15-18-24-45)76(10)65(88)57(41(4)5)75-64(87)58(42(6)7)77(11)68(92)95-39-46-28-30-47(31-29-46)71-62(85)48(25-21-34-70-67(69)91)72-63(86)56(40(2)3)74-52(80)27-19-16-20-35-79-53(81)32-33-54(79)82/h15,17-18,23-24,28-33,40-44,48-51,56-60H,14,16,19-22,25-27,34-39H2,1-13H3,(H,71,85)(H,72,86)(H,73,84)(H,74,80)(H,75,87)(H,89,90)(H3,69,70,91)/t43-,44+,48?,49-,50-,51+,56-,57?,58-,59-,60+/m0/s1. The van der Waals surface area contributed by atoms with Gasteiger partial charge in [-0.1, -0.05) is 118 Å². The number of unbranched alkanes of at least 4 members (excludes halogenated alkanes) is 2. The number of urea groups is 1. The first-order valence-corrected chi connectivity index (χ1v) is 32.9. The van der Waals surface area contributed by atoms with Crippen LogP contribution in [0.1, 0.15) is 138 Å². The molecule has 2 aromatic rings. The Morgan fingerprint density at radius 2 is 1.33 bits per heavy atom. The summed E-state index contributed by atoms with van der Waals surface area (Å²) in [4.78, 5) is 165. The number of carboxylic acid groups (broad SMARTS) is 1. The van der Waals surface area contributed by atoms with Crippen molar-refractivity contribution in [3.05, 3.63) is 77.9 Å². The van der Waals surface area contributed by atoms with Crippen LogP contribution in [0.4, 0.5) is 15.3 Å². The molecule has 12 amide bonds. The van der Waals surface area contributed by atoms with Gasteiger partial charge in [-0.15, -0.1) is 0 Å². The second-order valence-electron chi connectivity index (χ2n) is 25.7. The molecule has 2 heterocycles. The smallest absolute Gasteiger partial charge is 0.410 e. The highest BCUT2D eigenvalue weighted by molar-refractivity contribution is 6.12. The van der Waals surface area contributed by atoms with Crippen LogP contribution in [0.5, 0.6) is 0 Å². The number of imide groups is 1. The molecular weight excluding hydrogens is 1230 g/mol. The van der Waals surface area contributed by atoms with E-state index in [0.29, 0.717) is 56.3 Å². The van der Waals surface area contributed by atoms with Crippen molar-refractivity contribution in [2.24, 2.45) is 35.3 Å². The molecule has 2 aliphatic heterocycles. The second kappa shape index (κ2) is 38.8. The van der Waals surface area contributed by atoms with Gasteiger partial charge < -0.3 is 66.8 Å². The van der Waals surface area contributed by atoms with Crippen molar-refractivity contribution in [1.29, 1.82) is 0 Å². The van der Waals surface area contributed by atoms with Gasteiger partial charge in [0.25, 0.3) is 11.8 Å². The Kier molecular flexibility index (Phi) is 32.2. The van der Waals surface area contributed by atoms with Crippen molar-refractivity contribution in [3.8, 4) is 0 Å². The Morgan fingerprint density at radius 1 is 0.695 bits per heavy atom. The van der Waals surface area contributed by atoms with Gasteiger partial charge in [-0.2, -0.15) is 0 Å². The Hall–Kier alpha value is -8.46. The number of nitrogens with two attached hydrogens (primary N) is 1. The molecule has 95 heavy (non-hydrogen) atoms. The first-order valence-electron chi connectivity index (χ1n) is 32.9. The van der Waals surface area contributed by atoms with Crippen LogP contribution >= 0.6 is 0 Å². The monoisotopic (exact) mass is 1330 g/mol. The number of carboxylic acids is 1. The molecule has 2 unspecified atom stereocenters. The quantitative estimate of drug-likeness (QED) is 0.0333. The van der Waals surface area contributed by atoms with E-state index in [9.17, 15) is 62.6 Å². The fourth-order valence-electron chi connectivity index (χ4n) is 12.0. The Balaban J connectivity index is 1.38. The number of rotatable bonds is 39. The van der Waals surface area contributed by atoms with Gasteiger partial charge in [-0.25, -0.2) is 14.4 Å². The van der Waals surface area contributed by atoms with Gasteiger partial charge >= 0.3 is 18.1 Å². The number of anilines is 1. The zero-order valence-electron chi connectivity index (χ0n) is 57.5. The average molecular weight is 1330 g/mol. The number of aliphatic carboxylic acids is 1. The number of likely N-dealkylation sites (tertiary alicyclic amines) is 1. The summed E-state index contributed by atoms with van der Waals surface area (Å²) in [5.41, 5.74) is 6.83. The lowest BCUT2D eigenvalue weighted by molar-refractivity contribution is -0.148. The van der Waals surface area contributed by atoms with Crippen LogP contribution in [0.3, 0.4) is 0 Å². The molecule has 1 saturated heterocycles. The van der Waals surface area contributed by atoms with Crippen LogP contribution in [0.2, 0.25) is 0 Å². The van der Waals surface area contributed by atoms with Crippen molar-refractivity contribution in [1.82, 2.24) is 46.2 Å². The molecule has 9 N–H and O–H groups in total. The number of ether oxygens (including phenoxy) is 3. The number of carbonyl (C=O) groups is 12. The first-order chi connectivity index (χ1) is 44.9. The third kappa shape index (κ3) is 23.8. The number of hydrogen-bond donors (Lipinski definition) is 8. The molecule has 11 atom stereocenters. The number of likely N-dealkylation sites (N-methyl/N-ethyl adjacent to an activating group) is 2. The van der Waals surface area contributed by atoms with E-state index in [1.807, 2.05) is 19.9 Å². The van der Waals surface area contributed by atoms with Gasteiger partial charge in [0.05, 0.1) is 36.6 Å². The zero-order valence-corrected chi connectivity index (χ0v) is 57.5. The van der Waals surface area contributed by atoms with E-state index in [2.05, 4.69) is 31.9 Å². The molecule has 4 rings (SSSR count). The largest absolute Gasteiger partial charge is 0.480 e. The van der Waals surface area contributed by atoms with E-state index < -0.39 is 126 Å². The van der Waals surface area contributed by atoms with E-state index >= 15 is 0 Å². The zero-order chi connectivity index (χ0) is 70.8. The van der Waals surface area contributed by atoms with E-state index in [1.165, 1.54) is 38.3 Å². The fourth-order valence-corrected chi connectivity index (χ4v) is 12.0. The molecule has 0 saturated carbocycles. The van der Waals surface area contributed by atoms with Crippen molar-refractivity contribution < 1.29 is 76.9 Å². The Labute approximate surface area is 558 Å². The van der Waals surface area contributed by atoms with Crippen molar-refractivity contribution in [3.63, 3.8) is 0 Å². The SMILES string of the molecule is CC[C@H](C)[C@@H]([C@@H](CC(=O)N1CCC[C@H]1[C@H](OC)[C@@H](C)C(=O)N[C@@H](Cc1ccccc1)C(=O)O)OC)N(C)C(=O)C(NC(=O)[C@H](C(C)C)N(C)C(=O)OCc1ccc(NC(=O)C(CCCNC(N)=O)NC(=O)[C@@H](NC(=O)CCCCCN2C(=O)C=CC2=O)C(C)C)cc1)C(C)C. The maximum absolute atomic E-state index is 14.8. The number of carbonyl (C=O) groups excluding carboxylic acids is 11. The topological polar surface area (TPSA) is 364 Å². The second-order valence-corrected chi connectivity index (χ2v) is 25.7. The van der Waals surface area contributed by atoms with Crippen LogP contribution < -0.4 is 37.6 Å². The summed E-state index contributed by atoms with van der Waals surface area (Å²) < 4.78 is 17.7. The molecule has 0 spiro atoms. The van der Waals surface area contributed by atoms with Gasteiger partial charge in [0.15, 0.2) is 0 Å². The predicted octanol–water partition coefficient (Wildman–Crippen LogP) is 4.65. The molecule has 27 nitrogen and oxygen atoms in total. The van der Waals surface area contributed by atoms with E-state index in [4.69, 9.17) is 19.9 Å². The summed E-state index contributed by atoms with van der Waals surface area (Å²) >= 11 is 0. The van der Waals surface area contributed by atoms with E-state index in [0.717, 1.165) is 15.4 Å². The highest BCUT2D eigenvalue weighted by Crippen LogP contribution is 2.30. The third-order valence-corrected chi connectivity index (χ3v) is 17.6. The Bertz CT molecular complexity index is 2950. The van der Waals surface area contributed by atoms with Crippen molar-refractivity contribution in [2.75, 3.05) is 53.3 Å². The number of amides is 12. The highest BCUT2D eigenvalue weighted by atomic mass is 16.6. The molecule has 2 aromatic carbocycles. The number of nitrogens with one attached hydrogen (secondary N) is 6. The first kappa shape index (κ1) is 79.0. The average Bonchev–Trinajstić information content (AvgIpc) is 1.81. The summed E-state index contributed by atoms with van der Waals surface area (Å²) in [7, 11) is 5.96. The van der Waals surface area contributed by atoms with Crippen LogP contribution in [0.25, 0.3) is 0 Å². The van der Waals surface area contributed by atoms with Gasteiger partial charge in [0, 0.05) is 78.6 Å². The summed E-state index contributed by atoms with van der Waals surface area (Å²) in [5.74, 6) is -7.74. The fraction of sp³-hybridized carbons (Fsp3) is 0.618. The summed E-state index contributed by atoms with van der Waals surface area (Å²) in [5, 5.41) is 26.4.